The molecule has 0 aliphatic heterocycles. The third kappa shape index (κ3) is 5.40. The molecule has 31 heavy (non-hydrogen) atoms. The van der Waals surface area contributed by atoms with Crippen molar-refractivity contribution in [1.82, 2.24) is 4.98 Å². The van der Waals surface area contributed by atoms with Gasteiger partial charge in [-0.05, 0) is 69.4 Å². The fraction of sp³-hybridized carbons (Fsp3) is 0.370. The van der Waals surface area contributed by atoms with Crippen molar-refractivity contribution in [3.05, 3.63) is 75.4 Å². The Morgan fingerprint density at radius 3 is 2.19 bits per heavy atom. The lowest BCUT2D eigenvalue weighted by molar-refractivity contribution is 0.229. The van der Waals surface area contributed by atoms with Crippen molar-refractivity contribution in [1.29, 1.82) is 0 Å². The lowest BCUT2D eigenvalue weighted by Gasteiger charge is -2.20. The summed E-state index contributed by atoms with van der Waals surface area (Å²) in [7, 11) is 0. The van der Waals surface area contributed by atoms with Crippen LogP contribution in [0.25, 0.3) is 11.3 Å². The monoisotopic (exact) mass is 437 g/mol. The van der Waals surface area contributed by atoms with Gasteiger partial charge in [-0.1, -0.05) is 49.7 Å². The van der Waals surface area contributed by atoms with Crippen LogP contribution in [0.3, 0.4) is 0 Å². The van der Waals surface area contributed by atoms with E-state index in [9.17, 15) is 0 Å². The van der Waals surface area contributed by atoms with Crippen LogP contribution in [0.15, 0.2) is 42.5 Å². The van der Waals surface area contributed by atoms with Crippen molar-refractivity contribution in [3.63, 3.8) is 0 Å². The first-order chi connectivity index (χ1) is 14.8. The summed E-state index contributed by atoms with van der Waals surface area (Å²) < 4.78 is 12.3. The van der Waals surface area contributed by atoms with E-state index < -0.39 is 0 Å². The zero-order chi connectivity index (χ0) is 22.5. The molecular weight excluding hydrogens is 406 g/mol. The van der Waals surface area contributed by atoms with E-state index in [0.29, 0.717) is 17.4 Å². The fourth-order valence-corrected chi connectivity index (χ4v) is 4.07. The average molecular weight is 438 g/mol. The molecule has 3 rings (SSSR count). The molecule has 164 valence electrons. The predicted octanol–water partition coefficient (Wildman–Crippen LogP) is 7.51. The first kappa shape index (κ1) is 23.1. The summed E-state index contributed by atoms with van der Waals surface area (Å²) in [6, 6.07) is 14.4. The Balaban J connectivity index is 2.04. The minimum Gasteiger partial charge on any atom is -0.490 e. The summed E-state index contributed by atoms with van der Waals surface area (Å²) in [6.45, 7) is 12.8. The van der Waals surface area contributed by atoms with Crippen molar-refractivity contribution in [2.24, 2.45) is 0 Å². The molecule has 0 radical (unpaired) electrons. The van der Waals surface area contributed by atoms with Crippen LogP contribution >= 0.6 is 11.6 Å². The van der Waals surface area contributed by atoms with E-state index in [-0.39, 0.29) is 6.10 Å². The van der Waals surface area contributed by atoms with E-state index in [1.54, 1.807) is 0 Å². The van der Waals surface area contributed by atoms with Crippen molar-refractivity contribution >= 4 is 11.6 Å². The van der Waals surface area contributed by atoms with Gasteiger partial charge in [-0.3, -0.25) is 4.98 Å². The van der Waals surface area contributed by atoms with Crippen LogP contribution in [0, 0.1) is 13.8 Å². The quantitative estimate of drug-likeness (QED) is 0.365. The molecule has 0 atom stereocenters. The molecule has 0 spiro atoms. The zero-order valence-electron chi connectivity index (χ0n) is 19.4. The van der Waals surface area contributed by atoms with Crippen LogP contribution in [-0.2, 0) is 19.4 Å². The summed E-state index contributed by atoms with van der Waals surface area (Å²) in [5.74, 6) is 1.48. The topological polar surface area (TPSA) is 31.4 Å². The number of benzene rings is 2. The van der Waals surface area contributed by atoms with E-state index in [1.165, 1.54) is 16.7 Å². The summed E-state index contributed by atoms with van der Waals surface area (Å²) >= 11 is 6.36. The van der Waals surface area contributed by atoms with Crippen LogP contribution in [0.5, 0.6) is 11.5 Å². The SMILES string of the molecule is CCc1cccc(CC)c1-c1cc(OC(C)C)c(COc2ccc(C)cc2Cl)c(C)n1. The Morgan fingerprint density at radius 1 is 0.935 bits per heavy atom. The second kappa shape index (κ2) is 10.2. The maximum absolute atomic E-state index is 6.36. The van der Waals surface area contributed by atoms with Gasteiger partial charge in [0.25, 0.3) is 0 Å². The van der Waals surface area contributed by atoms with Gasteiger partial charge in [0.2, 0.25) is 0 Å². The summed E-state index contributed by atoms with van der Waals surface area (Å²) in [5.41, 5.74) is 7.74. The molecule has 4 heteroatoms. The molecule has 0 aliphatic rings. The minimum absolute atomic E-state index is 0.0448. The highest BCUT2D eigenvalue weighted by Gasteiger charge is 2.18. The van der Waals surface area contributed by atoms with Gasteiger partial charge in [0, 0.05) is 17.3 Å². The van der Waals surface area contributed by atoms with Gasteiger partial charge >= 0.3 is 0 Å². The summed E-state index contributed by atoms with van der Waals surface area (Å²) in [4.78, 5) is 4.98. The smallest absolute Gasteiger partial charge is 0.138 e. The maximum atomic E-state index is 6.36. The highest BCUT2D eigenvalue weighted by molar-refractivity contribution is 6.32. The number of halogens is 1. The van der Waals surface area contributed by atoms with E-state index >= 15 is 0 Å². The van der Waals surface area contributed by atoms with Crippen molar-refractivity contribution in [3.8, 4) is 22.8 Å². The minimum atomic E-state index is 0.0448. The van der Waals surface area contributed by atoms with Gasteiger partial charge in [-0.15, -0.1) is 0 Å². The summed E-state index contributed by atoms with van der Waals surface area (Å²) in [6.07, 6.45) is 1.96. The molecule has 3 nitrogen and oxygen atoms in total. The molecule has 0 unspecified atom stereocenters. The van der Waals surface area contributed by atoms with Gasteiger partial charge in [-0.2, -0.15) is 0 Å². The highest BCUT2D eigenvalue weighted by Crippen LogP contribution is 2.34. The molecule has 1 aromatic heterocycles. The van der Waals surface area contributed by atoms with E-state index in [1.807, 2.05) is 45.9 Å². The van der Waals surface area contributed by atoms with Crippen LogP contribution in [0.4, 0.5) is 0 Å². The molecule has 0 N–H and O–H groups in total. The first-order valence-electron chi connectivity index (χ1n) is 11.0. The molecule has 3 aromatic rings. The Bertz CT molecular complexity index is 1040. The number of ether oxygens (including phenoxy) is 2. The molecule has 0 bridgehead atoms. The van der Waals surface area contributed by atoms with Crippen LogP contribution < -0.4 is 9.47 Å². The Kier molecular flexibility index (Phi) is 7.61. The third-order valence-electron chi connectivity index (χ3n) is 5.37. The second-order valence-corrected chi connectivity index (χ2v) is 8.52. The molecule has 2 aromatic carbocycles. The number of rotatable bonds is 8. The van der Waals surface area contributed by atoms with Crippen molar-refractivity contribution in [2.75, 3.05) is 0 Å². The number of hydrogen-bond acceptors (Lipinski definition) is 3. The fourth-order valence-electron chi connectivity index (χ4n) is 3.78. The highest BCUT2D eigenvalue weighted by atomic mass is 35.5. The van der Waals surface area contributed by atoms with Crippen molar-refractivity contribution < 1.29 is 9.47 Å². The molecule has 0 aliphatic carbocycles. The Labute approximate surface area is 191 Å². The van der Waals surface area contributed by atoms with E-state index in [4.69, 9.17) is 26.1 Å². The average Bonchev–Trinajstić information content (AvgIpc) is 2.73. The molecule has 0 saturated carbocycles. The number of hydrogen-bond donors (Lipinski definition) is 0. The molecule has 0 amide bonds. The largest absolute Gasteiger partial charge is 0.490 e. The van der Waals surface area contributed by atoms with Gasteiger partial charge in [-0.25, -0.2) is 0 Å². The molecular formula is C27H32ClNO2. The normalized spacial score (nSPS) is 11.1. The van der Waals surface area contributed by atoms with Gasteiger partial charge in [0.15, 0.2) is 0 Å². The molecule has 1 heterocycles. The van der Waals surface area contributed by atoms with E-state index in [0.717, 1.165) is 41.1 Å². The molecule has 0 fully saturated rings. The molecule has 0 saturated heterocycles. The van der Waals surface area contributed by atoms with Gasteiger partial charge < -0.3 is 9.47 Å². The first-order valence-corrected chi connectivity index (χ1v) is 11.4. The Morgan fingerprint density at radius 2 is 1.61 bits per heavy atom. The zero-order valence-corrected chi connectivity index (χ0v) is 20.1. The van der Waals surface area contributed by atoms with Crippen LogP contribution in [-0.4, -0.2) is 11.1 Å². The van der Waals surface area contributed by atoms with E-state index in [2.05, 4.69) is 38.1 Å². The standard InChI is InChI=1S/C27H32ClNO2/c1-7-20-10-9-11-21(8-2)27(20)24-15-26(31-17(3)4)22(19(6)29-24)16-30-25-13-12-18(5)14-23(25)28/h9-15,17H,7-8,16H2,1-6H3. The Hall–Kier alpha value is -2.52. The number of aryl methyl sites for hydroxylation is 4. The van der Waals surface area contributed by atoms with Crippen LogP contribution in [0.2, 0.25) is 5.02 Å². The maximum Gasteiger partial charge on any atom is 0.138 e. The van der Waals surface area contributed by atoms with Crippen LogP contribution in [0.1, 0.15) is 55.6 Å². The van der Waals surface area contributed by atoms with Crippen molar-refractivity contribution in [2.45, 2.75) is 67.1 Å². The van der Waals surface area contributed by atoms with Gasteiger partial charge in [0.05, 0.1) is 22.4 Å². The second-order valence-electron chi connectivity index (χ2n) is 8.12. The third-order valence-corrected chi connectivity index (χ3v) is 5.66. The summed E-state index contributed by atoms with van der Waals surface area (Å²) in [5, 5.41) is 0.609. The lowest BCUT2D eigenvalue weighted by Crippen LogP contribution is -2.11. The number of pyridine rings is 1. The predicted molar refractivity (Wildman–Crippen MR) is 129 cm³/mol. The number of aromatic nitrogens is 1. The van der Waals surface area contributed by atoms with Gasteiger partial charge in [0.1, 0.15) is 18.1 Å². The lowest BCUT2D eigenvalue weighted by atomic mass is 9.94. The number of nitrogens with zero attached hydrogens (tertiary/aromatic N) is 1.